The highest BCUT2D eigenvalue weighted by Gasteiger charge is 2.37. The lowest BCUT2D eigenvalue weighted by Gasteiger charge is -2.29. The zero-order valence-electron chi connectivity index (χ0n) is 28.6. The number of hydrogen-bond acceptors (Lipinski definition) is 2. The van der Waals surface area contributed by atoms with Gasteiger partial charge in [0.1, 0.15) is 11.2 Å². The summed E-state index contributed by atoms with van der Waals surface area (Å²) in [7, 11) is 0. The molecule has 242 valence electrons. The molecule has 0 radical (unpaired) electrons. The number of benzene rings is 8. The topological polar surface area (TPSA) is 16.4 Å². The Morgan fingerprint density at radius 2 is 1.10 bits per heavy atom. The lowest BCUT2D eigenvalue weighted by Crippen LogP contribution is -2.14. The first-order valence-corrected chi connectivity index (χ1v) is 17.7. The molecule has 2 heteroatoms. The van der Waals surface area contributed by atoms with Gasteiger partial charge in [0.05, 0.1) is 5.69 Å². The van der Waals surface area contributed by atoms with Crippen LogP contribution in [0.15, 0.2) is 180 Å². The van der Waals surface area contributed by atoms with Crippen molar-refractivity contribution in [3.8, 4) is 33.4 Å². The smallest absolute Gasteiger partial charge is 0.135 e. The van der Waals surface area contributed by atoms with Gasteiger partial charge in [0, 0.05) is 33.1 Å². The Kier molecular flexibility index (Phi) is 6.56. The second kappa shape index (κ2) is 11.3. The van der Waals surface area contributed by atoms with E-state index < -0.39 is 0 Å². The Morgan fingerprint density at radius 3 is 2.02 bits per heavy atom. The molecule has 10 rings (SSSR count). The highest BCUT2D eigenvalue weighted by molar-refractivity contribution is 6.06. The number of anilines is 3. The van der Waals surface area contributed by atoms with E-state index in [9.17, 15) is 0 Å². The molecule has 0 N–H and O–H groups in total. The van der Waals surface area contributed by atoms with Gasteiger partial charge >= 0.3 is 0 Å². The Bertz CT molecular complexity index is 2800. The minimum Gasteiger partial charge on any atom is -0.456 e. The molecule has 0 saturated heterocycles. The van der Waals surface area contributed by atoms with Crippen molar-refractivity contribution >= 4 is 49.8 Å². The fraction of sp³-hybridized carbons (Fsp3) is 0.0612. The minimum atomic E-state index is -0.0787. The average molecular weight is 654 g/mol. The Morgan fingerprint density at radius 1 is 0.431 bits per heavy atom. The van der Waals surface area contributed by atoms with Gasteiger partial charge in [0.2, 0.25) is 0 Å². The van der Waals surface area contributed by atoms with E-state index in [1.165, 1.54) is 44.2 Å². The average Bonchev–Trinajstić information content (AvgIpc) is 3.67. The van der Waals surface area contributed by atoms with Crippen molar-refractivity contribution < 1.29 is 4.42 Å². The van der Waals surface area contributed by atoms with E-state index in [1.54, 1.807) is 0 Å². The van der Waals surface area contributed by atoms with Crippen LogP contribution in [0, 0.1) is 0 Å². The molecule has 0 spiro atoms. The van der Waals surface area contributed by atoms with Crippen LogP contribution >= 0.6 is 0 Å². The van der Waals surface area contributed by atoms with Crippen LogP contribution < -0.4 is 4.90 Å². The van der Waals surface area contributed by atoms with Gasteiger partial charge in [-0.25, -0.2) is 0 Å². The summed E-state index contributed by atoms with van der Waals surface area (Å²) in [6, 6.07) is 63.8. The summed E-state index contributed by atoms with van der Waals surface area (Å²) in [5.41, 5.74) is 15.3. The van der Waals surface area contributed by atoms with Crippen molar-refractivity contribution in [3.63, 3.8) is 0 Å². The van der Waals surface area contributed by atoms with Crippen molar-refractivity contribution in [3.05, 3.63) is 187 Å². The number of hydrogen-bond donors (Lipinski definition) is 0. The number of rotatable bonds is 5. The van der Waals surface area contributed by atoms with E-state index in [-0.39, 0.29) is 5.41 Å². The zero-order valence-corrected chi connectivity index (χ0v) is 28.6. The predicted octanol–water partition coefficient (Wildman–Crippen LogP) is 13.8. The van der Waals surface area contributed by atoms with Crippen LogP contribution in [0.5, 0.6) is 0 Å². The Balaban J connectivity index is 1.19. The number of nitrogens with zero attached hydrogens (tertiary/aromatic N) is 1. The van der Waals surface area contributed by atoms with E-state index in [2.05, 4.69) is 183 Å². The summed E-state index contributed by atoms with van der Waals surface area (Å²) in [6.45, 7) is 4.70. The molecular weight excluding hydrogens is 619 g/mol. The number of para-hydroxylation sites is 2. The summed E-state index contributed by atoms with van der Waals surface area (Å²) in [6.07, 6.45) is 0. The van der Waals surface area contributed by atoms with Gasteiger partial charge in [-0.15, -0.1) is 0 Å². The Hall–Kier alpha value is -6.38. The molecule has 1 heterocycles. The zero-order chi connectivity index (χ0) is 34.1. The van der Waals surface area contributed by atoms with Crippen molar-refractivity contribution in [2.24, 2.45) is 0 Å². The van der Waals surface area contributed by atoms with Crippen molar-refractivity contribution in [2.45, 2.75) is 19.3 Å². The highest BCUT2D eigenvalue weighted by atomic mass is 16.3. The molecule has 51 heavy (non-hydrogen) atoms. The first kappa shape index (κ1) is 29.5. The van der Waals surface area contributed by atoms with Crippen LogP contribution in [0.3, 0.4) is 0 Å². The maximum absolute atomic E-state index is 6.17. The van der Waals surface area contributed by atoms with Crippen LogP contribution in [0.4, 0.5) is 17.1 Å². The number of fused-ring (bicyclic) bond motifs is 7. The molecular formula is C49H35NO. The van der Waals surface area contributed by atoms with Crippen molar-refractivity contribution in [1.82, 2.24) is 0 Å². The van der Waals surface area contributed by atoms with Crippen LogP contribution in [0.2, 0.25) is 0 Å². The van der Waals surface area contributed by atoms with Crippen molar-refractivity contribution in [1.29, 1.82) is 0 Å². The third-order valence-electron chi connectivity index (χ3n) is 10.8. The lowest BCUT2D eigenvalue weighted by atomic mass is 9.82. The summed E-state index contributed by atoms with van der Waals surface area (Å²) in [5, 5.41) is 4.70. The monoisotopic (exact) mass is 653 g/mol. The summed E-state index contributed by atoms with van der Waals surface area (Å²) >= 11 is 0. The second-order valence-corrected chi connectivity index (χ2v) is 14.1. The van der Waals surface area contributed by atoms with Crippen LogP contribution in [0.25, 0.3) is 66.1 Å². The summed E-state index contributed by atoms with van der Waals surface area (Å²) < 4.78 is 6.17. The summed E-state index contributed by atoms with van der Waals surface area (Å²) in [4.78, 5) is 2.43. The van der Waals surface area contributed by atoms with Crippen LogP contribution in [-0.4, -0.2) is 0 Å². The maximum atomic E-state index is 6.17. The molecule has 1 aliphatic rings. The van der Waals surface area contributed by atoms with Gasteiger partial charge in [-0.05, 0) is 98.2 Å². The van der Waals surface area contributed by atoms with Gasteiger partial charge in [-0.1, -0.05) is 141 Å². The van der Waals surface area contributed by atoms with Gasteiger partial charge in [-0.3, -0.25) is 0 Å². The molecule has 0 amide bonds. The third kappa shape index (κ3) is 4.64. The van der Waals surface area contributed by atoms with E-state index in [1.807, 2.05) is 12.1 Å². The largest absolute Gasteiger partial charge is 0.456 e. The van der Waals surface area contributed by atoms with Crippen LogP contribution in [0.1, 0.15) is 25.0 Å². The summed E-state index contributed by atoms with van der Waals surface area (Å²) in [5.74, 6) is 0. The van der Waals surface area contributed by atoms with Crippen molar-refractivity contribution in [2.75, 3.05) is 4.90 Å². The van der Waals surface area contributed by atoms with E-state index >= 15 is 0 Å². The molecule has 0 atom stereocenters. The molecule has 8 aromatic carbocycles. The molecule has 0 fully saturated rings. The standard InChI is InChI=1S/C49H35NO/c1-49(2)43-21-8-5-19-41(43)48-40(20-12-22-44(48)49)38-17-6-9-23-45(38)50(37-27-25-32-13-3-4-14-33(32)29-37)36-16-11-15-34(30-36)35-26-28-47-42(31-35)39-18-7-10-24-46(39)51-47/h3-31H,1-2H3. The Labute approximate surface area is 297 Å². The van der Waals surface area contributed by atoms with Gasteiger partial charge in [0.25, 0.3) is 0 Å². The molecule has 0 bridgehead atoms. The van der Waals surface area contributed by atoms with Gasteiger partial charge < -0.3 is 9.32 Å². The fourth-order valence-electron chi connectivity index (χ4n) is 8.35. The van der Waals surface area contributed by atoms with E-state index in [0.717, 1.165) is 50.1 Å². The normalized spacial score (nSPS) is 13.1. The maximum Gasteiger partial charge on any atom is 0.135 e. The van der Waals surface area contributed by atoms with Gasteiger partial charge in [0.15, 0.2) is 0 Å². The second-order valence-electron chi connectivity index (χ2n) is 14.1. The van der Waals surface area contributed by atoms with Gasteiger partial charge in [-0.2, -0.15) is 0 Å². The van der Waals surface area contributed by atoms with E-state index in [0.29, 0.717) is 0 Å². The molecule has 1 aromatic heterocycles. The van der Waals surface area contributed by atoms with E-state index in [4.69, 9.17) is 4.42 Å². The first-order chi connectivity index (χ1) is 25.0. The predicted molar refractivity (Wildman–Crippen MR) is 214 cm³/mol. The molecule has 1 aliphatic carbocycles. The van der Waals surface area contributed by atoms with Crippen LogP contribution in [-0.2, 0) is 5.41 Å². The quantitative estimate of drug-likeness (QED) is 0.184. The molecule has 0 saturated carbocycles. The SMILES string of the molecule is CC1(C)c2ccccc2-c2c(-c3ccccc3N(c3cccc(-c4ccc5oc6ccccc6c5c4)c3)c3ccc4ccccc4c3)cccc21. The molecule has 2 nitrogen and oxygen atoms in total. The first-order valence-electron chi connectivity index (χ1n) is 17.7. The lowest BCUT2D eigenvalue weighted by molar-refractivity contribution is 0.660. The third-order valence-corrected chi connectivity index (χ3v) is 10.8. The highest BCUT2D eigenvalue weighted by Crippen LogP contribution is 2.53. The minimum absolute atomic E-state index is 0.0787. The molecule has 9 aromatic rings. The molecule has 0 unspecified atom stereocenters. The number of furan rings is 1. The fourth-order valence-corrected chi connectivity index (χ4v) is 8.35. The molecule has 0 aliphatic heterocycles.